The molecule has 1 aromatic rings. The molecule has 0 aromatic heterocycles. The number of rotatable bonds is 4. The minimum atomic E-state index is -3.85. The van der Waals surface area contributed by atoms with Gasteiger partial charge in [0, 0.05) is 12.1 Å². The second kappa shape index (κ2) is 5.64. The van der Waals surface area contributed by atoms with Gasteiger partial charge in [-0.05, 0) is 38.1 Å². The van der Waals surface area contributed by atoms with Gasteiger partial charge in [0.2, 0.25) is 0 Å². The fraction of sp³-hybridized carbons (Fsp3) is 0.455. The molecule has 0 amide bonds. The van der Waals surface area contributed by atoms with Crippen molar-refractivity contribution in [2.45, 2.75) is 23.8 Å². The van der Waals surface area contributed by atoms with Crippen LogP contribution in [-0.4, -0.2) is 32.5 Å². The van der Waals surface area contributed by atoms with E-state index < -0.39 is 15.0 Å². The summed E-state index contributed by atoms with van der Waals surface area (Å²) in [5.74, 6) is 0. The number of nitro groups is 1. The minimum Gasteiger partial charge on any atom is -0.317 e. The number of hydrogen-bond donors (Lipinski definition) is 1. The normalized spacial score (nSPS) is 17.3. The van der Waals surface area contributed by atoms with E-state index in [0.717, 1.165) is 25.2 Å². The van der Waals surface area contributed by atoms with Crippen LogP contribution in [0.4, 0.5) is 5.69 Å². The van der Waals surface area contributed by atoms with Crippen LogP contribution in [0.25, 0.3) is 0 Å². The fourth-order valence-corrected chi connectivity index (χ4v) is 2.99. The number of benzene rings is 1. The van der Waals surface area contributed by atoms with Gasteiger partial charge in [-0.3, -0.25) is 14.3 Å². The van der Waals surface area contributed by atoms with E-state index in [4.69, 9.17) is 4.18 Å². The molecule has 1 aromatic carbocycles. The number of hydrogen-bond acceptors (Lipinski definition) is 6. The van der Waals surface area contributed by atoms with E-state index >= 15 is 0 Å². The van der Waals surface area contributed by atoms with Gasteiger partial charge < -0.3 is 5.32 Å². The van der Waals surface area contributed by atoms with Crippen LogP contribution < -0.4 is 5.32 Å². The van der Waals surface area contributed by atoms with Crippen molar-refractivity contribution in [3.05, 3.63) is 34.4 Å². The van der Waals surface area contributed by atoms with Crippen molar-refractivity contribution in [1.82, 2.24) is 5.32 Å². The Labute approximate surface area is 110 Å². The summed E-state index contributed by atoms with van der Waals surface area (Å²) in [5, 5.41) is 13.6. The fourth-order valence-electron chi connectivity index (χ4n) is 1.86. The van der Waals surface area contributed by atoms with E-state index in [2.05, 4.69) is 5.32 Å². The van der Waals surface area contributed by atoms with Gasteiger partial charge in [0.15, 0.2) is 0 Å². The highest BCUT2D eigenvalue weighted by Crippen LogP contribution is 2.20. The molecule has 1 heterocycles. The Morgan fingerprint density at radius 2 is 1.79 bits per heavy atom. The van der Waals surface area contributed by atoms with E-state index in [-0.39, 0.29) is 16.7 Å². The highest BCUT2D eigenvalue weighted by molar-refractivity contribution is 7.86. The summed E-state index contributed by atoms with van der Waals surface area (Å²) in [6.07, 6.45) is 0.930. The molecule has 104 valence electrons. The third kappa shape index (κ3) is 3.49. The number of nitro benzene ring substituents is 1. The van der Waals surface area contributed by atoms with Crippen molar-refractivity contribution >= 4 is 15.8 Å². The lowest BCUT2D eigenvalue weighted by Gasteiger charge is -2.22. The standard InChI is InChI=1S/C11H14N2O5S/c14-13(15)9-1-3-11(4-2-9)19(16,17)18-10-5-7-12-8-6-10/h1-4,10,12H,5-8H2. The number of nitrogens with one attached hydrogen (secondary N) is 1. The van der Waals surface area contributed by atoms with Gasteiger partial charge in [0.25, 0.3) is 15.8 Å². The van der Waals surface area contributed by atoms with Crippen LogP contribution in [0.15, 0.2) is 29.2 Å². The molecule has 19 heavy (non-hydrogen) atoms. The molecule has 8 heteroatoms. The van der Waals surface area contributed by atoms with Crippen LogP contribution in [0.3, 0.4) is 0 Å². The van der Waals surface area contributed by atoms with Gasteiger partial charge in [-0.15, -0.1) is 0 Å². The summed E-state index contributed by atoms with van der Waals surface area (Å²) in [4.78, 5) is 9.86. The zero-order valence-corrected chi connectivity index (χ0v) is 10.9. The summed E-state index contributed by atoms with van der Waals surface area (Å²) < 4.78 is 29.1. The van der Waals surface area contributed by atoms with Crippen LogP contribution in [0.5, 0.6) is 0 Å². The maximum atomic E-state index is 12.0. The first-order valence-electron chi connectivity index (χ1n) is 5.87. The predicted octanol–water partition coefficient (Wildman–Crippen LogP) is 1.05. The average Bonchev–Trinajstić information content (AvgIpc) is 2.39. The van der Waals surface area contributed by atoms with E-state index in [1.165, 1.54) is 12.1 Å². The Bertz CT molecular complexity index is 549. The smallest absolute Gasteiger partial charge is 0.297 e. The Balaban J connectivity index is 2.12. The molecule has 1 saturated heterocycles. The highest BCUT2D eigenvalue weighted by Gasteiger charge is 2.23. The number of non-ortho nitro benzene ring substituents is 1. The molecule has 0 bridgehead atoms. The predicted molar refractivity (Wildman–Crippen MR) is 67.3 cm³/mol. The van der Waals surface area contributed by atoms with Crippen molar-refractivity contribution in [3.8, 4) is 0 Å². The van der Waals surface area contributed by atoms with Crippen molar-refractivity contribution in [2.24, 2.45) is 0 Å². The first-order valence-corrected chi connectivity index (χ1v) is 7.28. The summed E-state index contributed by atoms with van der Waals surface area (Å²) >= 11 is 0. The van der Waals surface area contributed by atoms with Crippen molar-refractivity contribution in [1.29, 1.82) is 0 Å². The van der Waals surface area contributed by atoms with E-state index in [1.807, 2.05) is 0 Å². The second-order valence-electron chi connectivity index (χ2n) is 4.25. The van der Waals surface area contributed by atoms with Gasteiger partial charge in [-0.1, -0.05) is 0 Å². The molecule has 1 fully saturated rings. The van der Waals surface area contributed by atoms with Crippen LogP contribution in [0.2, 0.25) is 0 Å². The zero-order chi connectivity index (χ0) is 13.9. The summed E-state index contributed by atoms with van der Waals surface area (Å²) in [6.45, 7) is 1.45. The SMILES string of the molecule is O=[N+]([O-])c1ccc(S(=O)(=O)OC2CCNCC2)cc1. The molecular weight excluding hydrogens is 272 g/mol. The maximum absolute atomic E-state index is 12.0. The van der Waals surface area contributed by atoms with Crippen LogP contribution >= 0.6 is 0 Å². The van der Waals surface area contributed by atoms with Crippen LogP contribution in [-0.2, 0) is 14.3 Å². The maximum Gasteiger partial charge on any atom is 0.297 e. The molecule has 0 spiro atoms. The molecule has 2 rings (SSSR count). The van der Waals surface area contributed by atoms with E-state index in [0.29, 0.717) is 12.8 Å². The Morgan fingerprint density at radius 1 is 1.21 bits per heavy atom. The van der Waals surface area contributed by atoms with Crippen LogP contribution in [0.1, 0.15) is 12.8 Å². The van der Waals surface area contributed by atoms with Gasteiger partial charge in [-0.2, -0.15) is 8.42 Å². The lowest BCUT2D eigenvalue weighted by molar-refractivity contribution is -0.384. The Kier molecular flexibility index (Phi) is 4.13. The molecule has 0 radical (unpaired) electrons. The average molecular weight is 286 g/mol. The van der Waals surface area contributed by atoms with E-state index in [9.17, 15) is 18.5 Å². The zero-order valence-electron chi connectivity index (χ0n) is 10.1. The molecule has 0 aliphatic carbocycles. The van der Waals surface area contributed by atoms with Gasteiger partial charge in [-0.25, -0.2) is 0 Å². The Morgan fingerprint density at radius 3 is 2.32 bits per heavy atom. The van der Waals surface area contributed by atoms with E-state index in [1.54, 1.807) is 0 Å². The second-order valence-corrected chi connectivity index (χ2v) is 5.82. The first-order chi connectivity index (χ1) is 8.99. The third-order valence-corrected chi connectivity index (χ3v) is 4.26. The lowest BCUT2D eigenvalue weighted by Crippen LogP contribution is -2.33. The molecule has 0 saturated carbocycles. The Hall–Kier alpha value is -1.51. The molecule has 7 nitrogen and oxygen atoms in total. The topological polar surface area (TPSA) is 98.5 Å². The number of piperidine rings is 1. The summed E-state index contributed by atoms with van der Waals surface area (Å²) in [7, 11) is -3.85. The number of nitrogens with zero attached hydrogens (tertiary/aromatic N) is 1. The highest BCUT2D eigenvalue weighted by atomic mass is 32.2. The van der Waals surface area contributed by atoms with Gasteiger partial charge in [0.1, 0.15) is 0 Å². The molecule has 0 unspecified atom stereocenters. The lowest BCUT2D eigenvalue weighted by atomic mass is 10.1. The third-order valence-electron chi connectivity index (χ3n) is 2.89. The quantitative estimate of drug-likeness (QED) is 0.504. The van der Waals surface area contributed by atoms with Crippen molar-refractivity contribution < 1.29 is 17.5 Å². The molecule has 1 aliphatic heterocycles. The van der Waals surface area contributed by atoms with Crippen molar-refractivity contribution in [2.75, 3.05) is 13.1 Å². The van der Waals surface area contributed by atoms with Crippen LogP contribution in [0, 0.1) is 10.1 Å². The molecular formula is C11H14N2O5S. The molecule has 0 atom stereocenters. The molecule has 1 aliphatic rings. The summed E-state index contributed by atoms with van der Waals surface area (Å²) in [6, 6.07) is 4.68. The van der Waals surface area contributed by atoms with Gasteiger partial charge >= 0.3 is 0 Å². The first kappa shape index (κ1) is 13.9. The minimum absolute atomic E-state index is 0.0587. The summed E-state index contributed by atoms with van der Waals surface area (Å²) in [5.41, 5.74) is -0.152. The molecule has 1 N–H and O–H groups in total. The monoisotopic (exact) mass is 286 g/mol. The van der Waals surface area contributed by atoms with Gasteiger partial charge in [0.05, 0.1) is 15.9 Å². The largest absolute Gasteiger partial charge is 0.317 e. The van der Waals surface area contributed by atoms with Crippen molar-refractivity contribution in [3.63, 3.8) is 0 Å².